The molecule has 0 aliphatic rings. The molecule has 0 bridgehead atoms. The second kappa shape index (κ2) is 8.37. The summed E-state index contributed by atoms with van der Waals surface area (Å²) < 4.78 is 0.797. The molecule has 0 spiro atoms. The Morgan fingerprint density at radius 1 is 0.889 bits per heavy atom. The molecule has 0 unspecified atom stereocenters. The first-order valence-corrected chi connectivity index (χ1v) is 9.34. The summed E-state index contributed by atoms with van der Waals surface area (Å²) in [6.45, 7) is 1.88. The lowest BCUT2D eigenvalue weighted by atomic mass is 10.1. The van der Waals surface area contributed by atoms with Crippen molar-refractivity contribution >= 4 is 50.7 Å². The van der Waals surface area contributed by atoms with E-state index in [1.165, 1.54) is 0 Å². The molecular weight excluding hydrogens is 428 g/mol. The van der Waals surface area contributed by atoms with Gasteiger partial charge in [-0.05, 0) is 55.0 Å². The van der Waals surface area contributed by atoms with Gasteiger partial charge in [-0.25, -0.2) is 0 Å². The van der Waals surface area contributed by atoms with Crippen LogP contribution in [0.1, 0.15) is 26.3 Å². The fraction of sp³-hybridized carbons (Fsp3) is 0.0476. The Balaban J connectivity index is 1.79. The Labute approximate surface area is 170 Å². The molecule has 0 radical (unpaired) electrons. The van der Waals surface area contributed by atoms with Gasteiger partial charge in [0.25, 0.3) is 11.8 Å². The van der Waals surface area contributed by atoms with E-state index in [1.54, 1.807) is 54.6 Å². The minimum absolute atomic E-state index is 0.215. The molecule has 2 N–H and O–H groups in total. The summed E-state index contributed by atoms with van der Waals surface area (Å²) in [5.74, 6) is -0.533. The van der Waals surface area contributed by atoms with E-state index in [0.29, 0.717) is 27.5 Å². The molecule has 0 fully saturated rings. The van der Waals surface area contributed by atoms with Gasteiger partial charge in [0.15, 0.2) is 0 Å². The fourth-order valence-corrected chi connectivity index (χ4v) is 3.25. The summed E-state index contributed by atoms with van der Waals surface area (Å²) in [5.41, 5.74) is 2.99. The van der Waals surface area contributed by atoms with Gasteiger partial charge >= 0.3 is 0 Å². The highest BCUT2D eigenvalue weighted by Crippen LogP contribution is 2.25. The van der Waals surface area contributed by atoms with E-state index < -0.39 is 0 Å². The highest BCUT2D eigenvalue weighted by atomic mass is 79.9. The van der Waals surface area contributed by atoms with Gasteiger partial charge < -0.3 is 10.6 Å². The average Bonchev–Trinajstić information content (AvgIpc) is 2.65. The maximum absolute atomic E-state index is 12.6. The maximum Gasteiger partial charge on any atom is 0.257 e. The Morgan fingerprint density at radius 2 is 1.63 bits per heavy atom. The van der Waals surface area contributed by atoms with Crippen LogP contribution in [0.15, 0.2) is 71.2 Å². The summed E-state index contributed by atoms with van der Waals surface area (Å²) in [6.07, 6.45) is 0. The van der Waals surface area contributed by atoms with Gasteiger partial charge in [0.05, 0.1) is 10.6 Å². The second-order valence-corrected chi connectivity index (χ2v) is 7.25. The van der Waals surface area contributed by atoms with Crippen LogP contribution in [0.3, 0.4) is 0 Å². The van der Waals surface area contributed by atoms with Crippen molar-refractivity contribution in [3.8, 4) is 0 Å². The Morgan fingerprint density at radius 3 is 2.33 bits per heavy atom. The number of hydrogen-bond acceptors (Lipinski definition) is 2. The Hall–Kier alpha value is -2.63. The van der Waals surface area contributed by atoms with Crippen LogP contribution in [0, 0.1) is 6.92 Å². The van der Waals surface area contributed by atoms with E-state index in [4.69, 9.17) is 11.6 Å². The van der Waals surface area contributed by atoms with Gasteiger partial charge in [-0.15, -0.1) is 0 Å². The quantitative estimate of drug-likeness (QED) is 0.526. The number of carbonyl (C=O) groups excluding carboxylic acids is 2. The third kappa shape index (κ3) is 4.76. The number of halogens is 2. The topological polar surface area (TPSA) is 58.2 Å². The molecule has 0 atom stereocenters. The number of nitrogens with one attached hydrogen (secondary N) is 2. The van der Waals surface area contributed by atoms with Crippen molar-refractivity contribution in [2.75, 3.05) is 10.6 Å². The van der Waals surface area contributed by atoms with E-state index in [1.807, 2.05) is 19.1 Å². The molecule has 0 aromatic heterocycles. The highest BCUT2D eigenvalue weighted by molar-refractivity contribution is 9.10. The molecular formula is C21H16BrClN2O2. The first-order chi connectivity index (χ1) is 12.9. The molecule has 0 heterocycles. The predicted octanol–water partition coefficient (Wildman–Crippen LogP) is 5.92. The molecule has 6 heteroatoms. The molecule has 0 aliphatic carbocycles. The number of amides is 2. The van der Waals surface area contributed by atoms with Gasteiger partial charge in [-0.2, -0.15) is 0 Å². The summed E-state index contributed by atoms with van der Waals surface area (Å²) >= 11 is 9.47. The van der Waals surface area contributed by atoms with Gasteiger partial charge in [0, 0.05) is 21.4 Å². The van der Waals surface area contributed by atoms with E-state index in [-0.39, 0.29) is 11.8 Å². The number of carbonyl (C=O) groups is 2. The molecule has 0 saturated carbocycles. The van der Waals surface area contributed by atoms with Crippen molar-refractivity contribution in [2.24, 2.45) is 0 Å². The molecule has 2 amide bonds. The molecule has 27 heavy (non-hydrogen) atoms. The first kappa shape index (κ1) is 19.1. The maximum atomic E-state index is 12.6. The lowest BCUT2D eigenvalue weighted by Gasteiger charge is -2.12. The van der Waals surface area contributed by atoms with Gasteiger partial charge in [0.1, 0.15) is 0 Å². The molecule has 3 aromatic rings. The van der Waals surface area contributed by atoms with Crippen LogP contribution in [0.25, 0.3) is 0 Å². The smallest absolute Gasteiger partial charge is 0.257 e. The van der Waals surface area contributed by atoms with Gasteiger partial charge in [0.2, 0.25) is 0 Å². The predicted molar refractivity (Wildman–Crippen MR) is 113 cm³/mol. The van der Waals surface area contributed by atoms with Crippen LogP contribution in [0.2, 0.25) is 5.02 Å². The van der Waals surface area contributed by atoms with Gasteiger partial charge in [-0.1, -0.05) is 51.8 Å². The van der Waals surface area contributed by atoms with Gasteiger partial charge in [-0.3, -0.25) is 9.59 Å². The summed E-state index contributed by atoms with van der Waals surface area (Å²) in [7, 11) is 0. The largest absolute Gasteiger partial charge is 0.322 e. The van der Waals surface area contributed by atoms with Crippen molar-refractivity contribution in [2.45, 2.75) is 6.92 Å². The molecule has 0 saturated heterocycles. The van der Waals surface area contributed by atoms with Crippen LogP contribution < -0.4 is 10.6 Å². The lowest BCUT2D eigenvalue weighted by Crippen LogP contribution is -2.15. The zero-order chi connectivity index (χ0) is 19.4. The van der Waals surface area contributed by atoms with Crippen LogP contribution in [0.4, 0.5) is 11.4 Å². The number of rotatable bonds is 4. The Bertz CT molecular complexity index is 1010. The monoisotopic (exact) mass is 442 g/mol. The lowest BCUT2D eigenvalue weighted by molar-refractivity contribution is 0.101. The fourth-order valence-electron chi connectivity index (χ4n) is 2.49. The zero-order valence-electron chi connectivity index (χ0n) is 14.4. The summed E-state index contributed by atoms with van der Waals surface area (Å²) in [6, 6.07) is 19.4. The SMILES string of the molecule is Cc1ccc(NC(=O)c2ccccc2)cc1NC(=O)c1ccc(Br)cc1Cl. The van der Waals surface area contributed by atoms with Crippen molar-refractivity contribution in [1.29, 1.82) is 0 Å². The van der Waals surface area contributed by atoms with Crippen LogP contribution >= 0.6 is 27.5 Å². The third-order valence-electron chi connectivity index (χ3n) is 3.96. The van der Waals surface area contributed by atoms with Crippen LogP contribution in [-0.4, -0.2) is 11.8 Å². The Kier molecular flexibility index (Phi) is 5.94. The zero-order valence-corrected chi connectivity index (χ0v) is 16.8. The van der Waals surface area contributed by atoms with Crippen LogP contribution in [-0.2, 0) is 0 Å². The highest BCUT2D eigenvalue weighted by Gasteiger charge is 2.13. The van der Waals surface area contributed by atoms with Crippen LogP contribution in [0.5, 0.6) is 0 Å². The molecule has 4 nitrogen and oxygen atoms in total. The normalized spacial score (nSPS) is 10.3. The molecule has 0 aliphatic heterocycles. The second-order valence-electron chi connectivity index (χ2n) is 5.93. The summed E-state index contributed by atoms with van der Waals surface area (Å²) in [4.78, 5) is 24.9. The minimum Gasteiger partial charge on any atom is -0.322 e. The number of hydrogen-bond donors (Lipinski definition) is 2. The van der Waals surface area contributed by atoms with E-state index in [9.17, 15) is 9.59 Å². The summed E-state index contributed by atoms with van der Waals surface area (Å²) in [5, 5.41) is 6.04. The standard InChI is InChI=1S/C21H16BrClN2O2/c1-13-7-9-16(24-20(26)14-5-3-2-4-6-14)12-19(13)25-21(27)17-10-8-15(22)11-18(17)23/h2-12H,1H3,(H,24,26)(H,25,27). The van der Waals surface area contributed by atoms with E-state index in [0.717, 1.165) is 10.0 Å². The third-order valence-corrected chi connectivity index (χ3v) is 4.76. The number of aryl methyl sites for hydroxylation is 1. The van der Waals surface area contributed by atoms with E-state index in [2.05, 4.69) is 26.6 Å². The van der Waals surface area contributed by atoms with Crippen molar-refractivity contribution in [1.82, 2.24) is 0 Å². The van der Waals surface area contributed by atoms with E-state index >= 15 is 0 Å². The van der Waals surface area contributed by atoms with Crippen molar-refractivity contribution in [3.05, 3.63) is 92.9 Å². The molecule has 3 aromatic carbocycles. The first-order valence-electron chi connectivity index (χ1n) is 8.17. The average molecular weight is 444 g/mol. The van der Waals surface area contributed by atoms with Crippen molar-refractivity contribution < 1.29 is 9.59 Å². The molecule has 3 rings (SSSR count). The van der Waals surface area contributed by atoms with Crippen molar-refractivity contribution in [3.63, 3.8) is 0 Å². The number of benzene rings is 3. The number of anilines is 2. The minimum atomic E-state index is -0.317. The molecule has 136 valence electrons.